The number of nitrogens with two attached hydrogens (primary N) is 1. The molecule has 2 aromatic rings. The Hall–Kier alpha value is -1.63. The Bertz CT molecular complexity index is 1240. The fourth-order valence-corrected chi connectivity index (χ4v) is 6.81. The molecule has 4 atom stereocenters. The SMILES string of the molecule is CN(c1nc(N)nc2c1ncn2[C@@H]1O[C@@]2(C[C@@H]2OP(=O)(O)OP(=O)(O)O)CC12CC2)C1CC1. The normalized spacial score (nSPS) is 31.9. The van der Waals surface area contributed by atoms with E-state index in [1.165, 1.54) is 0 Å². The predicted octanol–water partition coefficient (Wildman–Crippen LogP) is 1.44. The standard InChI is InChI=1S/C17H24N6O8P2/c1-22(9-2-3-9)12-11-13(21-15(18)20-12)23(8-19-11)14-16(4-5-16)7-17(29-14)6-10(17)30-33(27,28)31-32(24,25)26/h8-10,14H,2-7H2,1H3,(H,27,28)(H2,18,20,21)(H2,24,25,26)/t10-,14+,17-/m0/s1. The highest BCUT2D eigenvalue weighted by Crippen LogP contribution is 2.73. The number of rotatable bonds is 7. The van der Waals surface area contributed by atoms with Gasteiger partial charge in [0.15, 0.2) is 17.0 Å². The number of hydrogen-bond acceptors (Lipinski definition) is 10. The number of nitrogen functional groups attached to an aromatic ring is 1. The van der Waals surface area contributed by atoms with E-state index in [1.54, 1.807) is 6.33 Å². The van der Waals surface area contributed by atoms with Crippen molar-refractivity contribution in [2.45, 2.75) is 62.5 Å². The monoisotopic (exact) mass is 502 g/mol. The smallest absolute Gasteiger partial charge is 0.368 e. The average Bonchev–Trinajstić information content (AvgIpc) is 3.60. The number of fused-ring (bicyclic) bond motifs is 1. The Kier molecular flexibility index (Phi) is 4.46. The molecule has 180 valence electrons. The molecule has 3 saturated carbocycles. The van der Waals surface area contributed by atoms with Gasteiger partial charge in [-0.05, 0) is 32.1 Å². The maximum Gasteiger partial charge on any atom is 0.481 e. The first-order valence-corrected chi connectivity index (χ1v) is 13.6. The molecule has 3 heterocycles. The molecule has 0 amide bonds. The highest BCUT2D eigenvalue weighted by molar-refractivity contribution is 7.60. The van der Waals surface area contributed by atoms with E-state index in [0.717, 1.165) is 25.7 Å². The predicted molar refractivity (Wildman–Crippen MR) is 113 cm³/mol. The Morgan fingerprint density at radius 2 is 2.00 bits per heavy atom. The second kappa shape index (κ2) is 6.73. The maximum absolute atomic E-state index is 12.0. The van der Waals surface area contributed by atoms with E-state index < -0.39 is 33.6 Å². The lowest BCUT2D eigenvalue weighted by atomic mass is 9.99. The molecule has 4 aliphatic rings. The van der Waals surface area contributed by atoms with E-state index in [-0.39, 0.29) is 11.4 Å². The molecule has 0 aromatic carbocycles. The minimum atomic E-state index is -5.19. The van der Waals surface area contributed by atoms with Gasteiger partial charge in [0.05, 0.1) is 6.33 Å². The highest BCUT2D eigenvalue weighted by atomic mass is 31.3. The molecule has 14 nitrogen and oxygen atoms in total. The van der Waals surface area contributed by atoms with E-state index in [2.05, 4.69) is 24.2 Å². The molecule has 5 N–H and O–H groups in total. The third kappa shape index (κ3) is 3.78. The topological polar surface area (TPSA) is 195 Å². The van der Waals surface area contributed by atoms with Gasteiger partial charge in [0.25, 0.3) is 0 Å². The Balaban J connectivity index is 1.28. The van der Waals surface area contributed by atoms with Gasteiger partial charge < -0.3 is 30.1 Å². The first kappa shape index (κ1) is 21.9. The van der Waals surface area contributed by atoms with Crippen LogP contribution in [-0.2, 0) is 22.7 Å². The molecular formula is C17H24N6O8P2. The number of imidazole rings is 1. The van der Waals surface area contributed by atoms with Gasteiger partial charge in [0, 0.05) is 24.9 Å². The summed E-state index contributed by atoms with van der Waals surface area (Å²) < 4.78 is 40.1. The molecule has 1 aliphatic heterocycles. The summed E-state index contributed by atoms with van der Waals surface area (Å²) in [5, 5.41) is 0. The largest absolute Gasteiger partial charge is 0.481 e. The fraction of sp³-hybridized carbons (Fsp3) is 0.706. The van der Waals surface area contributed by atoms with Crippen molar-refractivity contribution in [2.24, 2.45) is 5.41 Å². The molecule has 4 fully saturated rings. The summed E-state index contributed by atoms with van der Waals surface area (Å²) in [4.78, 5) is 42.8. The summed E-state index contributed by atoms with van der Waals surface area (Å²) in [6.45, 7) is 0. The van der Waals surface area contributed by atoms with Crippen LogP contribution in [0.5, 0.6) is 0 Å². The molecule has 3 aliphatic carbocycles. The second-order valence-electron chi connectivity index (χ2n) is 9.48. The van der Waals surface area contributed by atoms with Crippen LogP contribution in [0.25, 0.3) is 11.2 Å². The van der Waals surface area contributed by atoms with Crippen molar-refractivity contribution >= 4 is 38.6 Å². The van der Waals surface area contributed by atoms with Crippen molar-refractivity contribution in [3.63, 3.8) is 0 Å². The summed E-state index contributed by atoms with van der Waals surface area (Å²) in [5.41, 5.74) is 6.13. The Morgan fingerprint density at radius 3 is 2.64 bits per heavy atom. The summed E-state index contributed by atoms with van der Waals surface area (Å²) in [6.07, 6.45) is 5.20. The first-order chi connectivity index (χ1) is 15.4. The van der Waals surface area contributed by atoms with Crippen molar-refractivity contribution in [1.82, 2.24) is 19.5 Å². The van der Waals surface area contributed by atoms with Gasteiger partial charge in [-0.3, -0.25) is 9.09 Å². The Morgan fingerprint density at radius 1 is 1.27 bits per heavy atom. The maximum atomic E-state index is 12.0. The molecule has 16 heteroatoms. The number of anilines is 2. The van der Waals surface area contributed by atoms with Gasteiger partial charge in [0.1, 0.15) is 17.9 Å². The van der Waals surface area contributed by atoms with Crippen LogP contribution >= 0.6 is 15.6 Å². The van der Waals surface area contributed by atoms with Crippen molar-refractivity contribution in [3.8, 4) is 0 Å². The zero-order valence-corrected chi connectivity index (χ0v) is 19.4. The molecular weight excluding hydrogens is 478 g/mol. The molecule has 2 aromatic heterocycles. The lowest BCUT2D eigenvalue weighted by Crippen LogP contribution is -2.22. The third-order valence-electron chi connectivity index (χ3n) is 6.94. The average molecular weight is 502 g/mol. The van der Waals surface area contributed by atoms with Crippen LogP contribution in [0.3, 0.4) is 0 Å². The quantitative estimate of drug-likeness (QED) is 0.397. The van der Waals surface area contributed by atoms with Crippen LogP contribution in [0.4, 0.5) is 11.8 Å². The van der Waals surface area contributed by atoms with E-state index in [0.29, 0.717) is 35.9 Å². The molecule has 2 spiro atoms. The Labute approximate surface area is 187 Å². The van der Waals surface area contributed by atoms with Crippen LogP contribution in [0, 0.1) is 5.41 Å². The fourth-order valence-electron chi connectivity index (χ4n) is 4.99. The summed E-state index contributed by atoms with van der Waals surface area (Å²) in [7, 11) is -8.19. The minimum absolute atomic E-state index is 0.132. The van der Waals surface area contributed by atoms with Gasteiger partial charge >= 0.3 is 15.6 Å². The van der Waals surface area contributed by atoms with Crippen molar-refractivity contribution in [2.75, 3.05) is 17.7 Å². The van der Waals surface area contributed by atoms with Gasteiger partial charge in [-0.1, -0.05) is 0 Å². The number of aromatic nitrogens is 4. The molecule has 6 rings (SSSR count). The number of phosphoric acid groups is 2. The molecule has 33 heavy (non-hydrogen) atoms. The molecule has 1 saturated heterocycles. The van der Waals surface area contributed by atoms with E-state index in [9.17, 15) is 14.0 Å². The van der Waals surface area contributed by atoms with E-state index in [1.807, 2.05) is 11.6 Å². The number of ether oxygens (including phenoxy) is 1. The third-order valence-corrected chi connectivity index (χ3v) is 9.14. The van der Waals surface area contributed by atoms with Crippen LogP contribution in [0.2, 0.25) is 0 Å². The van der Waals surface area contributed by atoms with E-state index in [4.69, 9.17) is 24.8 Å². The lowest BCUT2D eigenvalue weighted by molar-refractivity contribution is -0.0452. The zero-order chi connectivity index (χ0) is 23.4. The number of nitrogens with zero attached hydrogens (tertiary/aromatic N) is 5. The van der Waals surface area contributed by atoms with E-state index >= 15 is 0 Å². The number of phosphoric ester groups is 1. The minimum Gasteiger partial charge on any atom is -0.368 e. The van der Waals surface area contributed by atoms with Gasteiger partial charge in [-0.15, -0.1) is 0 Å². The van der Waals surface area contributed by atoms with Crippen molar-refractivity contribution in [1.29, 1.82) is 0 Å². The van der Waals surface area contributed by atoms with Crippen LogP contribution in [0.1, 0.15) is 44.8 Å². The lowest BCUT2D eigenvalue weighted by Gasteiger charge is -2.21. The molecule has 0 bridgehead atoms. The molecule has 0 radical (unpaired) electrons. The first-order valence-electron chi connectivity index (χ1n) is 10.6. The van der Waals surface area contributed by atoms with Crippen LogP contribution in [0.15, 0.2) is 6.33 Å². The number of hydrogen-bond donors (Lipinski definition) is 4. The van der Waals surface area contributed by atoms with Crippen LogP contribution in [-0.4, -0.2) is 59.0 Å². The van der Waals surface area contributed by atoms with Crippen molar-refractivity contribution in [3.05, 3.63) is 6.33 Å². The highest BCUT2D eigenvalue weighted by Gasteiger charge is 2.73. The summed E-state index contributed by atoms with van der Waals surface area (Å²) in [5.74, 6) is 0.799. The molecule has 1 unspecified atom stereocenters. The van der Waals surface area contributed by atoms with Gasteiger partial charge in [-0.25, -0.2) is 14.1 Å². The zero-order valence-electron chi connectivity index (χ0n) is 17.6. The second-order valence-corrected chi connectivity index (χ2v) is 12.3. The van der Waals surface area contributed by atoms with Gasteiger partial charge in [-0.2, -0.15) is 14.3 Å². The summed E-state index contributed by atoms with van der Waals surface area (Å²) in [6, 6.07) is 0.405. The van der Waals surface area contributed by atoms with Crippen LogP contribution < -0.4 is 10.6 Å². The summed E-state index contributed by atoms with van der Waals surface area (Å²) >= 11 is 0. The van der Waals surface area contributed by atoms with Gasteiger partial charge in [0.2, 0.25) is 5.95 Å². The van der Waals surface area contributed by atoms with Crippen molar-refractivity contribution < 1.29 is 37.4 Å².